The van der Waals surface area contributed by atoms with E-state index in [1.807, 2.05) is 0 Å². The third kappa shape index (κ3) is 2.71. The number of nitrogens with one attached hydrogen (secondary N) is 1. The summed E-state index contributed by atoms with van der Waals surface area (Å²) in [6.07, 6.45) is 0. The number of anilines is 1. The first-order valence-electron chi connectivity index (χ1n) is 4.37. The lowest BCUT2D eigenvalue weighted by Crippen LogP contribution is -2.18. The number of carbonyl (C=O) groups is 1. The molecular formula is C10H10F3NO. The van der Waals surface area contributed by atoms with Crippen LogP contribution in [-0.2, 0) is 4.79 Å². The fourth-order valence-electron chi connectivity index (χ4n) is 0.914. The van der Waals surface area contributed by atoms with Crippen molar-refractivity contribution in [1.82, 2.24) is 0 Å². The molecule has 0 aromatic heterocycles. The van der Waals surface area contributed by atoms with Gasteiger partial charge in [-0.15, -0.1) is 0 Å². The Kier molecular flexibility index (Phi) is 3.34. The quantitative estimate of drug-likeness (QED) is 0.758. The maximum absolute atomic E-state index is 12.7. The zero-order valence-corrected chi connectivity index (χ0v) is 8.27. The van der Waals surface area contributed by atoms with Crippen LogP contribution in [0.2, 0.25) is 0 Å². The number of halogens is 3. The molecule has 15 heavy (non-hydrogen) atoms. The van der Waals surface area contributed by atoms with E-state index in [4.69, 9.17) is 0 Å². The first-order chi connectivity index (χ1) is 6.91. The van der Waals surface area contributed by atoms with E-state index >= 15 is 0 Å². The van der Waals surface area contributed by atoms with Crippen LogP contribution in [0.4, 0.5) is 18.9 Å². The summed E-state index contributed by atoms with van der Waals surface area (Å²) in [4.78, 5) is 11.2. The van der Waals surface area contributed by atoms with E-state index in [1.54, 1.807) is 13.8 Å². The van der Waals surface area contributed by atoms with Gasteiger partial charge in [-0.2, -0.15) is 0 Å². The fraction of sp³-hybridized carbons (Fsp3) is 0.300. The Morgan fingerprint density at radius 1 is 1.20 bits per heavy atom. The highest BCUT2D eigenvalue weighted by Crippen LogP contribution is 2.17. The lowest BCUT2D eigenvalue weighted by molar-refractivity contribution is -0.118. The van der Waals surface area contributed by atoms with E-state index in [0.717, 1.165) is 12.1 Å². The van der Waals surface area contributed by atoms with Gasteiger partial charge in [0.15, 0.2) is 17.5 Å². The van der Waals surface area contributed by atoms with Crippen molar-refractivity contribution in [3.63, 3.8) is 0 Å². The van der Waals surface area contributed by atoms with Gasteiger partial charge in [-0.3, -0.25) is 4.79 Å². The van der Waals surface area contributed by atoms with Crippen molar-refractivity contribution in [2.45, 2.75) is 13.8 Å². The number of carbonyl (C=O) groups excluding carboxylic acids is 1. The predicted molar refractivity (Wildman–Crippen MR) is 49.8 cm³/mol. The van der Waals surface area contributed by atoms with Gasteiger partial charge in [0.2, 0.25) is 5.91 Å². The molecule has 0 atom stereocenters. The molecule has 0 unspecified atom stereocenters. The molecule has 0 aliphatic heterocycles. The summed E-state index contributed by atoms with van der Waals surface area (Å²) in [6.45, 7) is 3.26. The molecule has 82 valence electrons. The third-order valence-corrected chi connectivity index (χ3v) is 1.78. The molecule has 0 aliphatic rings. The van der Waals surface area contributed by atoms with E-state index in [-0.39, 0.29) is 17.5 Å². The Bertz CT molecular complexity index is 367. The van der Waals surface area contributed by atoms with Gasteiger partial charge < -0.3 is 5.32 Å². The Hall–Kier alpha value is -1.52. The van der Waals surface area contributed by atoms with Crippen molar-refractivity contribution in [1.29, 1.82) is 0 Å². The molecule has 0 spiro atoms. The van der Waals surface area contributed by atoms with Gasteiger partial charge >= 0.3 is 0 Å². The summed E-state index contributed by atoms with van der Waals surface area (Å²) in [6, 6.07) is 1.47. The zero-order chi connectivity index (χ0) is 11.6. The van der Waals surface area contributed by atoms with Crippen LogP contribution in [0.15, 0.2) is 12.1 Å². The highest BCUT2D eigenvalue weighted by Gasteiger charge is 2.13. The third-order valence-electron chi connectivity index (χ3n) is 1.78. The number of amides is 1. The van der Waals surface area contributed by atoms with Crippen LogP contribution in [0.25, 0.3) is 0 Å². The molecule has 1 amide bonds. The summed E-state index contributed by atoms with van der Waals surface area (Å²) in [5, 5.41) is 2.26. The maximum atomic E-state index is 12.7. The molecule has 0 fully saturated rings. The summed E-state index contributed by atoms with van der Waals surface area (Å²) in [5.74, 6) is -4.90. The minimum atomic E-state index is -1.54. The van der Waals surface area contributed by atoms with E-state index < -0.39 is 17.5 Å². The van der Waals surface area contributed by atoms with Crippen LogP contribution >= 0.6 is 0 Å². The van der Waals surface area contributed by atoms with Crippen LogP contribution in [0.5, 0.6) is 0 Å². The first kappa shape index (κ1) is 11.6. The lowest BCUT2D eigenvalue weighted by Gasteiger charge is -2.08. The molecule has 0 saturated carbocycles. The molecule has 1 N–H and O–H groups in total. The minimum absolute atomic E-state index is 0.0925. The van der Waals surface area contributed by atoms with Crippen LogP contribution in [0.3, 0.4) is 0 Å². The van der Waals surface area contributed by atoms with E-state index in [1.165, 1.54) is 0 Å². The Morgan fingerprint density at radius 3 is 2.07 bits per heavy atom. The van der Waals surface area contributed by atoms with Crippen molar-refractivity contribution < 1.29 is 18.0 Å². The van der Waals surface area contributed by atoms with Gasteiger partial charge in [-0.1, -0.05) is 13.8 Å². The van der Waals surface area contributed by atoms with Gasteiger partial charge in [-0.05, 0) is 0 Å². The topological polar surface area (TPSA) is 29.1 Å². The molecule has 0 radical (unpaired) electrons. The molecule has 2 nitrogen and oxygen atoms in total. The Labute approximate surface area is 85.1 Å². The summed E-state index contributed by atoms with van der Waals surface area (Å²) < 4.78 is 38.0. The fourth-order valence-corrected chi connectivity index (χ4v) is 0.914. The Balaban J connectivity index is 2.93. The maximum Gasteiger partial charge on any atom is 0.226 e. The Morgan fingerprint density at radius 2 is 1.67 bits per heavy atom. The normalized spacial score (nSPS) is 10.5. The van der Waals surface area contributed by atoms with Gasteiger partial charge in [0, 0.05) is 23.7 Å². The SMILES string of the molecule is CC(C)C(=O)Nc1cc(F)c(F)c(F)c1. The second-order valence-corrected chi connectivity index (χ2v) is 3.40. The van der Waals surface area contributed by atoms with Gasteiger partial charge in [0.1, 0.15) is 0 Å². The predicted octanol–water partition coefficient (Wildman–Crippen LogP) is 2.70. The number of hydrogen-bond donors (Lipinski definition) is 1. The van der Waals surface area contributed by atoms with Gasteiger partial charge in [0.25, 0.3) is 0 Å². The molecule has 0 saturated heterocycles. The van der Waals surface area contributed by atoms with E-state index in [2.05, 4.69) is 5.32 Å². The second kappa shape index (κ2) is 4.33. The van der Waals surface area contributed by atoms with Crippen LogP contribution in [0.1, 0.15) is 13.8 Å². The number of hydrogen-bond acceptors (Lipinski definition) is 1. The first-order valence-corrected chi connectivity index (χ1v) is 4.37. The number of benzene rings is 1. The minimum Gasteiger partial charge on any atom is -0.326 e. The average molecular weight is 217 g/mol. The van der Waals surface area contributed by atoms with Crippen molar-refractivity contribution >= 4 is 11.6 Å². The molecule has 0 aliphatic carbocycles. The van der Waals surface area contributed by atoms with Crippen LogP contribution in [-0.4, -0.2) is 5.91 Å². The molecule has 5 heteroatoms. The van der Waals surface area contributed by atoms with Crippen LogP contribution < -0.4 is 5.32 Å². The molecule has 0 heterocycles. The van der Waals surface area contributed by atoms with E-state index in [9.17, 15) is 18.0 Å². The molecule has 1 rings (SSSR count). The molecular weight excluding hydrogens is 207 g/mol. The summed E-state index contributed by atoms with van der Waals surface area (Å²) >= 11 is 0. The largest absolute Gasteiger partial charge is 0.326 e. The highest BCUT2D eigenvalue weighted by atomic mass is 19.2. The second-order valence-electron chi connectivity index (χ2n) is 3.40. The number of rotatable bonds is 2. The molecule has 1 aromatic rings. The molecule has 1 aromatic carbocycles. The standard InChI is InChI=1S/C10H10F3NO/c1-5(2)10(15)14-6-3-7(11)9(13)8(12)4-6/h3-5H,1-2H3,(H,14,15). The summed E-state index contributed by atoms with van der Waals surface area (Å²) in [7, 11) is 0. The molecule has 0 bridgehead atoms. The van der Waals surface area contributed by atoms with Crippen molar-refractivity contribution in [2.24, 2.45) is 5.92 Å². The zero-order valence-electron chi connectivity index (χ0n) is 8.27. The van der Waals surface area contributed by atoms with Crippen molar-refractivity contribution in [3.05, 3.63) is 29.6 Å². The van der Waals surface area contributed by atoms with E-state index in [0.29, 0.717) is 0 Å². The van der Waals surface area contributed by atoms with Crippen molar-refractivity contribution in [3.8, 4) is 0 Å². The van der Waals surface area contributed by atoms with Gasteiger partial charge in [-0.25, -0.2) is 13.2 Å². The smallest absolute Gasteiger partial charge is 0.226 e. The monoisotopic (exact) mass is 217 g/mol. The highest BCUT2D eigenvalue weighted by molar-refractivity contribution is 5.92. The summed E-state index contributed by atoms with van der Waals surface area (Å²) in [5.41, 5.74) is -0.0925. The van der Waals surface area contributed by atoms with Gasteiger partial charge in [0.05, 0.1) is 0 Å². The van der Waals surface area contributed by atoms with Crippen LogP contribution in [0, 0.1) is 23.4 Å². The lowest BCUT2D eigenvalue weighted by atomic mass is 10.2. The average Bonchev–Trinajstić information content (AvgIpc) is 2.13. The van der Waals surface area contributed by atoms with Crippen molar-refractivity contribution in [2.75, 3.05) is 5.32 Å².